The van der Waals surface area contributed by atoms with E-state index < -0.39 is 0 Å². The average Bonchev–Trinajstić information content (AvgIpc) is 3.46. The molecule has 1 aliphatic carbocycles. The van der Waals surface area contributed by atoms with Gasteiger partial charge in [0.15, 0.2) is 0 Å². The molecule has 38 heavy (non-hydrogen) atoms. The summed E-state index contributed by atoms with van der Waals surface area (Å²) in [7, 11) is 0. The van der Waals surface area contributed by atoms with Gasteiger partial charge in [-0.1, -0.05) is 88.4 Å². The third kappa shape index (κ3) is 2.71. The molecule has 0 spiro atoms. The third-order valence-corrected chi connectivity index (χ3v) is 10.7. The fourth-order valence-electron chi connectivity index (χ4n) is 6.83. The monoisotopic (exact) mass is 507 g/mol. The molecule has 0 amide bonds. The zero-order valence-corrected chi connectivity index (χ0v) is 23.0. The van der Waals surface area contributed by atoms with Crippen LogP contribution in [-0.4, -0.2) is 4.57 Å². The Labute approximate surface area is 227 Å². The number of hydrogen-bond acceptors (Lipinski definition) is 1. The zero-order chi connectivity index (χ0) is 25.8. The number of para-hydroxylation sites is 2. The van der Waals surface area contributed by atoms with Gasteiger partial charge in [0.1, 0.15) is 0 Å². The summed E-state index contributed by atoms with van der Waals surface area (Å²) in [5.41, 5.74) is 9.47. The highest BCUT2D eigenvalue weighted by Crippen LogP contribution is 2.55. The first-order chi connectivity index (χ1) is 18.4. The Balaban J connectivity index is 1.43. The van der Waals surface area contributed by atoms with Crippen molar-refractivity contribution >= 4 is 53.3 Å². The molecule has 1 aliphatic rings. The maximum absolute atomic E-state index is 2.49. The Morgan fingerprint density at radius 2 is 1.11 bits per heavy atom. The minimum Gasteiger partial charge on any atom is -0.309 e. The Morgan fingerprint density at radius 3 is 1.84 bits per heavy atom. The second-order valence-electron chi connectivity index (χ2n) is 11.8. The second-order valence-corrected chi connectivity index (χ2v) is 12.9. The summed E-state index contributed by atoms with van der Waals surface area (Å²) in [5, 5.41) is 5.30. The van der Waals surface area contributed by atoms with Gasteiger partial charge in [0.2, 0.25) is 0 Å². The van der Waals surface area contributed by atoms with Crippen LogP contribution in [0.5, 0.6) is 0 Å². The van der Waals surface area contributed by atoms with Crippen molar-refractivity contribution in [2.75, 3.05) is 0 Å². The van der Waals surface area contributed by atoms with E-state index in [1.54, 1.807) is 0 Å². The number of thiophene rings is 1. The van der Waals surface area contributed by atoms with E-state index in [-0.39, 0.29) is 10.8 Å². The van der Waals surface area contributed by atoms with E-state index in [2.05, 4.69) is 135 Å². The molecule has 8 rings (SSSR count). The zero-order valence-electron chi connectivity index (χ0n) is 22.2. The number of rotatable bonds is 1. The quantitative estimate of drug-likeness (QED) is 0.208. The number of hydrogen-bond donors (Lipinski definition) is 0. The third-order valence-electron chi connectivity index (χ3n) is 9.56. The summed E-state index contributed by atoms with van der Waals surface area (Å²) in [4.78, 5) is 0. The maximum atomic E-state index is 2.49. The predicted molar refractivity (Wildman–Crippen MR) is 165 cm³/mol. The number of fused-ring (bicyclic) bond motifs is 9. The number of benzene rings is 5. The van der Waals surface area contributed by atoms with Crippen LogP contribution in [0.25, 0.3) is 58.8 Å². The molecular formula is C36H29NS. The average molecular weight is 508 g/mol. The molecule has 1 nitrogen and oxygen atoms in total. The van der Waals surface area contributed by atoms with Gasteiger partial charge in [-0.25, -0.2) is 0 Å². The van der Waals surface area contributed by atoms with Gasteiger partial charge < -0.3 is 4.57 Å². The molecule has 0 aliphatic heterocycles. The molecule has 0 fully saturated rings. The van der Waals surface area contributed by atoms with Crippen molar-refractivity contribution in [2.45, 2.75) is 38.5 Å². The maximum Gasteiger partial charge on any atom is 0.0541 e. The predicted octanol–water partition coefficient (Wildman–Crippen LogP) is 10.4. The Bertz CT molecular complexity index is 2030. The van der Waals surface area contributed by atoms with Gasteiger partial charge in [0.25, 0.3) is 0 Å². The normalized spacial score (nSPS) is 15.8. The van der Waals surface area contributed by atoms with Crippen molar-refractivity contribution in [1.29, 1.82) is 0 Å². The van der Waals surface area contributed by atoms with E-state index in [1.807, 2.05) is 11.3 Å². The van der Waals surface area contributed by atoms with Crippen LogP contribution in [0.1, 0.15) is 38.8 Å². The standard InChI is InChI=1S/C36H29NS/c1-35(2)29-14-8-5-11-23(29)26-20-28-27-19-22(17-18-33(27)38-34(28)21-30(26)36(35,3)4)37-31-15-9-6-12-24(31)25-13-7-10-16-32(25)37/h5-21H,1-4H3. The van der Waals surface area contributed by atoms with Crippen molar-refractivity contribution in [3.8, 4) is 16.8 Å². The van der Waals surface area contributed by atoms with E-state index in [0.29, 0.717) is 0 Å². The summed E-state index contributed by atoms with van der Waals surface area (Å²) >= 11 is 1.92. The van der Waals surface area contributed by atoms with Crippen LogP contribution in [0.3, 0.4) is 0 Å². The molecule has 2 heterocycles. The lowest BCUT2D eigenvalue weighted by molar-refractivity contribution is 0.299. The van der Waals surface area contributed by atoms with Crippen LogP contribution in [0, 0.1) is 0 Å². The van der Waals surface area contributed by atoms with Gasteiger partial charge in [-0.05, 0) is 75.5 Å². The van der Waals surface area contributed by atoms with Crippen molar-refractivity contribution in [1.82, 2.24) is 4.57 Å². The van der Waals surface area contributed by atoms with Crippen molar-refractivity contribution in [2.24, 2.45) is 0 Å². The fraction of sp³-hybridized carbons (Fsp3) is 0.167. The van der Waals surface area contributed by atoms with Crippen molar-refractivity contribution in [3.63, 3.8) is 0 Å². The Hall–Kier alpha value is -3.88. The molecule has 0 N–H and O–H groups in total. The highest BCUT2D eigenvalue weighted by Gasteiger charge is 2.45. The molecular weight excluding hydrogens is 478 g/mol. The SMILES string of the molecule is CC1(C)c2ccccc2-c2cc3c(cc2C1(C)C)sc1ccc(-n2c4ccccc4c4ccccc42)cc13. The lowest BCUT2D eigenvalue weighted by Gasteiger charge is -2.48. The first kappa shape index (κ1) is 22.1. The fourth-order valence-corrected chi connectivity index (χ4v) is 7.93. The van der Waals surface area contributed by atoms with Crippen LogP contribution in [0.4, 0.5) is 0 Å². The summed E-state index contributed by atoms with van der Waals surface area (Å²) in [6, 6.07) is 38.5. The highest BCUT2D eigenvalue weighted by atomic mass is 32.1. The molecule has 0 radical (unpaired) electrons. The van der Waals surface area contributed by atoms with Gasteiger partial charge in [-0.3, -0.25) is 0 Å². The van der Waals surface area contributed by atoms with Gasteiger partial charge >= 0.3 is 0 Å². The lowest BCUT2D eigenvalue weighted by atomic mass is 9.55. The molecule has 7 aromatic rings. The van der Waals surface area contributed by atoms with Crippen LogP contribution >= 0.6 is 11.3 Å². The van der Waals surface area contributed by atoms with Gasteiger partial charge in [-0.15, -0.1) is 11.3 Å². The van der Waals surface area contributed by atoms with E-state index >= 15 is 0 Å². The molecule has 2 aromatic heterocycles. The van der Waals surface area contributed by atoms with Crippen LogP contribution < -0.4 is 0 Å². The van der Waals surface area contributed by atoms with Crippen LogP contribution in [0.2, 0.25) is 0 Å². The number of aromatic nitrogens is 1. The highest BCUT2D eigenvalue weighted by molar-refractivity contribution is 7.25. The van der Waals surface area contributed by atoms with E-state index in [0.717, 1.165) is 0 Å². The first-order valence-electron chi connectivity index (χ1n) is 13.5. The Kier molecular flexibility index (Phi) is 4.29. The van der Waals surface area contributed by atoms with Crippen LogP contribution in [-0.2, 0) is 10.8 Å². The summed E-state index contributed by atoms with van der Waals surface area (Å²) in [5.74, 6) is 0. The van der Waals surface area contributed by atoms with Crippen LogP contribution in [0.15, 0.2) is 103 Å². The van der Waals surface area contributed by atoms with Gasteiger partial charge in [0.05, 0.1) is 11.0 Å². The lowest BCUT2D eigenvalue weighted by Crippen LogP contribution is -2.43. The van der Waals surface area contributed by atoms with Gasteiger partial charge in [-0.2, -0.15) is 0 Å². The molecule has 184 valence electrons. The smallest absolute Gasteiger partial charge is 0.0541 e. The number of nitrogens with zero attached hydrogens (tertiary/aromatic N) is 1. The molecule has 2 heteroatoms. The summed E-state index contributed by atoms with van der Waals surface area (Å²) in [6.07, 6.45) is 0. The summed E-state index contributed by atoms with van der Waals surface area (Å²) in [6.45, 7) is 9.65. The molecule has 0 bridgehead atoms. The molecule has 5 aromatic carbocycles. The second kappa shape index (κ2) is 7.36. The first-order valence-corrected chi connectivity index (χ1v) is 14.3. The molecule has 0 saturated carbocycles. The Morgan fingerprint density at radius 1 is 0.500 bits per heavy atom. The topological polar surface area (TPSA) is 4.93 Å². The van der Waals surface area contributed by atoms with Crippen molar-refractivity contribution in [3.05, 3.63) is 114 Å². The minimum atomic E-state index is 0.0230. The minimum absolute atomic E-state index is 0.0230. The van der Waals surface area contributed by atoms with E-state index in [4.69, 9.17) is 0 Å². The van der Waals surface area contributed by atoms with E-state index in [9.17, 15) is 0 Å². The van der Waals surface area contributed by atoms with Gasteiger partial charge in [0, 0.05) is 36.6 Å². The molecule has 0 atom stereocenters. The molecule has 0 saturated heterocycles. The van der Waals surface area contributed by atoms with E-state index in [1.165, 1.54) is 69.9 Å². The largest absolute Gasteiger partial charge is 0.309 e. The molecule has 0 unspecified atom stereocenters. The summed E-state index contributed by atoms with van der Waals surface area (Å²) < 4.78 is 5.14. The van der Waals surface area contributed by atoms with Crippen molar-refractivity contribution < 1.29 is 0 Å².